The van der Waals surface area contributed by atoms with E-state index >= 15 is 0 Å². The molecule has 1 aromatic rings. The van der Waals surface area contributed by atoms with Crippen molar-refractivity contribution < 1.29 is 14.4 Å². The van der Waals surface area contributed by atoms with Crippen LogP contribution in [0, 0.1) is 0 Å². The highest BCUT2D eigenvalue weighted by molar-refractivity contribution is 5.73. The van der Waals surface area contributed by atoms with E-state index in [4.69, 9.17) is 4.52 Å². The highest BCUT2D eigenvalue weighted by atomic mass is 16.5. The minimum atomic E-state index is -0.746. The highest BCUT2D eigenvalue weighted by Gasteiger charge is 2.31. The van der Waals surface area contributed by atoms with E-state index in [2.05, 4.69) is 10.1 Å². The average Bonchev–Trinajstić information content (AvgIpc) is 3.15. The summed E-state index contributed by atoms with van der Waals surface area (Å²) in [5, 5.41) is 13.3. The number of rotatable bonds is 4. The van der Waals surface area contributed by atoms with E-state index in [1.807, 2.05) is 4.90 Å². The minimum absolute atomic E-state index is 0.418. The van der Waals surface area contributed by atoms with Crippen molar-refractivity contribution in [1.29, 1.82) is 0 Å². The predicted molar refractivity (Wildman–Crippen MR) is 66.6 cm³/mol. The van der Waals surface area contributed by atoms with E-state index in [-0.39, 0.29) is 0 Å². The smallest absolute Gasteiger partial charge is 0.320 e. The molecule has 1 saturated carbocycles. The van der Waals surface area contributed by atoms with Gasteiger partial charge < -0.3 is 9.63 Å². The summed E-state index contributed by atoms with van der Waals surface area (Å²) in [6.07, 6.45) is 6.09. The van der Waals surface area contributed by atoms with Crippen LogP contribution in [0.2, 0.25) is 0 Å². The molecule has 0 spiro atoms. The van der Waals surface area contributed by atoms with Crippen LogP contribution in [-0.2, 0) is 11.3 Å². The number of nitrogens with zero attached hydrogens (tertiary/aromatic N) is 3. The van der Waals surface area contributed by atoms with Crippen LogP contribution < -0.4 is 0 Å². The van der Waals surface area contributed by atoms with Gasteiger partial charge in [0, 0.05) is 5.92 Å². The SMILES string of the molecule is O=C(O)C1CCCCCN1Cc1nc(C2CC2)no1. The van der Waals surface area contributed by atoms with Crippen molar-refractivity contribution in [2.24, 2.45) is 0 Å². The van der Waals surface area contributed by atoms with Gasteiger partial charge in [0.15, 0.2) is 5.82 Å². The maximum atomic E-state index is 11.3. The number of aromatic nitrogens is 2. The fourth-order valence-electron chi connectivity index (χ4n) is 2.65. The van der Waals surface area contributed by atoms with Crippen LogP contribution in [0.1, 0.15) is 56.2 Å². The first-order valence-electron chi connectivity index (χ1n) is 7.03. The Morgan fingerprint density at radius 2 is 2.16 bits per heavy atom. The van der Waals surface area contributed by atoms with Gasteiger partial charge in [0.1, 0.15) is 6.04 Å². The Morgan fingerprint density at radius 1 is 1.32 bits per heavy atom. The van der Waals surface area contributed by atoms with Crippen LogP contribution in [0.3, 0.4) is 0 Å². The molecule has 1 N–H and O–H groups in total. The topological polar surface area (TPSA) is 79.5 Å². The average molecular weight is 265 g/mol. The van der Waals surface area contributed by atoms with Crippen LogP contribution in [0.4, 0.5) is 0 Å². The van der Waals surface area contributed by atoms with Gasteiger partial charge >= 0.3 is 5.97 Å². The van der Waals surface area contributed by atoms with Crippen molar-refractivity contribution in [2.75, 3.05) is 6.54 Å². The number of hydrogen-bond donors (Lipinski definition) is 1. The van der Waals surface area contributed by atoms with E-state index < -0.39 is 12.0 Å². The third-order valence-corrected chi connectivity index (χ3v) is 3.91. The first-order chi connectivity index (χ1) is 9.24. The van der Waals surface area contributed by atoms with Crippen LogP contribution in [-0.4, -0.2) is 38.7 Å². The summed E-state index contributed by atoms with van der Waals surface area (Å²) < 4.78 is 5.24. The lowest BCUT2D eigenvalue weighted by Crippen LogP contribution is -2.40. The molecule has 2 heterocycles. The second-order valence-electron chi connectivity index (χ2n) is 5.49. The van der Waals surface area contributed by atoms with E-state index in [0.717, 1.165) is 44.5 Å². The van der Waals surface area contributed by atoms with Crippen molar-refractivity contribution >= 4 is 5.97 Å². The molecule has 1 unspecified atom stereocenters. The Kier molecular flexibility index (Phi) is 3.50. The molecule has 6 nitrogen and oxygen atoms in total. The maximum absolute atomic E-state index is 11.3. The van der Waals surface area contributed by atoms with Crippen molar-refractivity contribution in [1.82, 2.24) is 15.0 Å². The molecule has 2 aliphatic rings. The summed E-state index contributed by atoms with van der Waals surface area (Å²) in [6.45, 7) is 1.24. The molecule has 19 heavy (non-hydrogen) atoms. The van der Waals surface area contributed by atoms with Gasteiger partial charge in [-0.25, -0.2) is 0 Å². The molecule has 104 valence electrons. The molecular formula is C13H19N3O3. The monoisotopic (exact) mass is 265 g/mol. The van der Waals surface area contributed by atoms with Crippen molar-refractivity contribution in [3.05, 3.63) is 11.7 Å². The molecular weight excluding hydrogens is 246 g/mol. The van der Waals surface area contributed by atoms with Crippen molar-refractivity contribution in [3.8, 4) is 0 Å². The third kappa shape index (κ3) is 2.94. The number of carbonyl (C=O) groups is 1. The molecule has 1 aliphatic heterocycles. The number of aliphatic carboxylic acids is 1. The van der Waals surface area contributed by atoms with Crippen LogP contribution in [0.5, 0.6) is 0 Å². The molecule has 0 amide bonds. The minimum Gasteiger partial charge on any atom is -0.480 e. The summed E-state index contributed by atoms with van der Waals surface area (Å²) in [5.41, 5.74) is 0. The first-order valence-corrected chi connectivity index (χ1v) is 7.03. The van der Waals surface area contributed by atoms with Gasteiger partial charge in [0.2, 0.25) is 5.89 Å². The molecule has 0 aromatic carbocycles. The zero-order valence-electron chi connectivity index (χ0n) is 10.9. The molecule has 2 fully saturated rings. The Balaban J connectivity index is 1.68. The molecule has 6 heteroatoms. The van der Waals surface area contributed by atoms with Crippen LogP contribution in [0.15, 0.2) is 4.52 Å². The highest BCUT2D eigenvalue weighted by Crippen LogP contribution is 2.38. The van der Waals surface area contributed by atoms with Gasteiger partial charge in [-0.1, -0.05) is 18.0 Å². The number of carboxylic acid groups (broad SMARTS) is 1. The van der Waals surface area contributed by atoms with Gasteiger partial charge in [0.05, 0.1) is 6.54 Å². The standard InChI is InChI=1S/C13H19N3O3/c17-13(18)10-4-2-1-3-7-16(10)8-11-14-12(15-19-11)9-5-6-9/h9-10H,1-8H2,(H,17,18). The Bertz CT molecular complexity index is 456. The van der Waals surface area contributed by atoms with E-state index in [1.165, 1.54) is 0 Å². The molecule has 0 radical (unpaired) electrons. The van der Waals surface area contributed by atoms with E-state index in [1.54, 1.807) is 0 Å². The molecule has 1 aliphatic carbocycles. The van der Waals surface area contributed by atoms with Gasteiger partial charge in [0.25, 0.3) is 0 Å². The van der Waals surface area contributed by atoms with Gasteiger partial charge in [-0.05, 0) is 32.2 Å². The normalized spacial score (nSPS) is 25.2. The largest absolute Gasteiger partial charge is 0.480 e. The zero-order chi connectivity index (χ0) is 13.2. The number of hydrogen-bond acceptors (Lipinski definition) is 5. The summed E-state index contributed by atoms with van der Waals surface area (Å²) in [4.78, 5) is 17.7. The van der Waals surface area contributed by atoms with Crippen molar-refractivity contribution in [3.63, 3.8) is 0 Å². The Hall–Kier alpha value is -1.43. The summed E-state index contributed by atoms with van der Waals surface area (Å²) in [7, 11) is 0. The van der Waals surface area contributed by atoms with E-state index in [9.17, 15) is 9.90 Å². The Labute approximate surface area is 111 Å². The van der Waals surface area contributed by atoms with Gasteiger partial charge in [-0.15, -0.1) is 0 Å². The van der Waals surface area contributed by atoms with Crippen LogP contribution in [0.25, 0.3) is 0 Å². The quantitative estimate of drug-likeness (QED) is 0.893. The van der Waals surface area contributed by atoms with Gasteiger partial charge in [-0.2, -0.15) is 4.98 Å². The molecule has 1 aromatic heterocycles. The Morgan fingerprint density at radius 3 is 2.89 bits per heavy atom. The molecule has 0 bridgehead atoms. The maximum Gasteiger partial charge on any atom is 0.320 e. The third-order valence-electron chi connectivity index (χ3n) is 3.91. The summed E-state index contributed by atoms with van der Waals surface area (Å²) in [5.74, 6) is 1.06. The fraction of sp³-hybridized carbons (Fsp3) is 0.769. The summed E-state index contributed by atoms with van der Waals surface area (Å²) >= 11 is 0. The summed E-state index contributed by atoms with van der Waals surface area (Å²) in [6, 6.07) is -0.418. The number of likely N-dealkylation sites (tertiary alicyclic amines) is 1. The molecule has 3 rings (SSSR count). The lowest BCUT2D eigenvalue weighted by Gasteiger charge is -2.24. The second-order valence-corrected chi connectivity index (χ2v) is 5.49. The van der Waals surface area contributed by atoms with Crippen molar-refractivity contribution in [2.45, 2.75) is 57.0 Å². The van der Waals surface area contributed by atoms with Gasteiger partial charge in [-0.3, -0.25) is 9.69 Å². The van der Waals surface area contributed by atoms with Crippen LogP contribution >= 0.6 is 0 Å². The lowest BCUT2D eigenvalue weighted by molar-refractivity contribution is -0.143. The molecule has 1 atom stereocenters. The lowest BCUT2D eigenvalue weighted by atomic mass is 10.1. The number of carboxylic acids is 1. The first kappa shape index (κ1) is 12.6. The molecule has 1 saturated heterocycles. The zero-order valence-corrected chi connectivity index (χ0v) is 10.9. The fourth-order valence-corrected chi connectivity index (χ4v) is 2.65. The van der Waals surface area contributed by atoms with E-state index in [0.29, 0.717) is 24.8 Å². The second kappa shape index (κ2) is 5.28. The predicted octanol–water partition coefficient (Wildman–Crippen LogP) is 1.78.